The van der Waals surface area contributed by atoms with Gasteiger partial charge in [0.1, 0.15) is 12.1 Å². The molecule has 0 unspecified atom stereocenters. The SMILES string of the molecule is C=CC=O.CNc1ccc(SN2CCN(Cc3nc(OC)cc(OC)n3)CC2)cc1. The molecular weight excluding hydrogens is 402 g/mol. The highest BCUT2D eigenvalue weighted by Crippen LogP contribution is 2.25. The molecule has 1 fully saturated rings. The number of aromatic nitrogens is 2. The molecular formula is C21H29N5O3S. The summed E-state index contributed by atoms with van der Waals surface area (Å²) in [6.07, 6.45) is 1.83. The summed E-state index contributed by atoms with van der Waals surface area (Å²) in [6, 6.07) is 10.2. The molecule has 1 aliphatic heterocycles. The molecule has 1 aliphatic rings. The minimum absolute atomic E-state index is 0.533. The molecule has 162 valence electrons. The molecule has 2 heterocycles. The first-order valence-corrected chi connectivity index (χ1v) is 10.3. The number of ether oxygens (including phenoxy) is 2. The van der Waals surface area contributed by atoms with Crippen LogP contribution in [0.3, 0.4) is 0 Å². The number of carbonyl (C=O) groups excluding carboxylic acids is 1. The van der Waals surface area contributed by atoms with Crippen molar-refractivity contribution < 1.29 is 14.3 Å². The first-order chi connectivity index (χ1) is 14.6. The molecule has 0 amide bonds. The lowest BCUT2D eigenvalue weighted by Crippen LogP contribution is -2.43. The molecule has 0 bridgehead atoms. The molecule has 0 aliphatic carbocycles. The Balaban J connectivity index is 0.000000735. The first kappa shape index (κ1) is 23.7. The summed E-state index contributed by atoms with van der Waals surface area (Å²) in [4.78, 5) is 21.5. The summed E-state index contributed by atoms with van der Waals surface area (Å²) in [7, 11) is 5.14. The highest BCUT2D eigenvalue weighted by molar-refractivity contribution is 7.97. The summed E-state index contributed by atoms with van der Waals surface area (Å²) in [5, 5.41) is 3.14. The Kier molecular flexibility index (Phi) is 10.1. The van der Waals surface area contributed by atoms with Crippen LogP contribution < -0.4 is 14.8 Å². The van der Waals surface area contributed by atoms with E-state index < -0.39 is 0 Å². The molecule has 30 heavy (non-hydrogen) atoms. The van der Waals surface area contributed by atoms with Gasteiger partial charge in [-0.2, -0.15) is 9.97 Å². The van der Waals surface area contributed by atoms with Crippen molar-refractivity contribution in [2.45, 2.75) is 11.4 Å². The second-order valence-corrected chi connectivity index (χ2v) is 7.48. The van der Waals surface area contributed by atoms with E-state index in [4.69, 9.17) is 14.3 Å². The Hall–Kier alpha value is -2.62. The monoisotopic (exact) mass is 431 g/mol. The Labute approximate surface area is 182 Å². The number of hydrogen-bond acceptors (Lipinski definition) is 9. The summed E-state index contributed by atoms with van der Waals surface area (Å²) in [5.41, 5.74) is 1.13. The second-order valence-electron chi connectivity index (χ2n) is 6.31. The number of anilines is 1. The van der Waals surface area contributed by atoms with Gasteiger partial charge < -0.3 is 14.8 Å². The topological polar surface area (TPSA) is 79.8 Å². The quantitative estimate of drug-likeness (QED) is 0.385. The number of aldehydes is 1. The summed E-state index contributed by atoms with van der Waals surface area (Å²) < 4.78 is 12.8. The van der Waals surface area contributed by atoms with Crippen LogP contribution in [0, 0.1) is 0 Å². The van der Waals surface area contributed by atoms with E-state index in [2.05, 4.69) is 55.3 Å². The number of hydrogen-bond donors (Lipinski definition) is 1. The van der Waals surface area contributed by atoms with Crippen molar-refractivity contribution in [1.29, 1.82) is 0 Å². The molecule has 0 saturated carbocycles. The van der Waals surface area contributed by atoms with Crippen molar-refractivity contribution in [2.24, 2.45) is 0 Å². The van der Waals surface area contributed by atoms with E-state index >= 15 is 0 Å². The first-order valence-electron chi connectivity index (χ1n) is 9.57. The number of benzene rings is 1. The second kappa shape index (κ2) is 12.8. The van der Waals surface area contributed by atoms with Crippen LogP contribution in [0.4, 0.5) is 5.69 Å². The van der Waals surface area contributed by atoms with E-state index in [0.29, 0.717) is 24.6 Å². The van der Waals surface area contributed by atoms with Crippen LogP contribution in [0.5, 0.6) is 11.8 Å². The van der Waals surface area contributed by atoms with Crippen LogP contribution in [0.15, 0.2) is 47.9 Å². The number of nitrogens with zero attached hydrogens (tertiary/aromatic N) is 4. The van der Waals surface area contributed by atoms with E-state index in [1.165, 1.54) is 11.0 Å². The zero-order chi connectivity index (χ0) is 21.8. The minimum Gasteiger partial charge on any atom is -0.481 e. The van der Waals surface area contributed by atoms with Gasteiger partial charge in [0.2, 0.25) is 11.8 Å². The van der Waals surface area contributed by atoms with Crippen molar-refractivity contribution in [3.05, 3.63) is 48.8 Å². The van der Waals surface area contributed by atoms with E-state index in [9.17, 15) is 0 Å². The third kappa shape index (κ3) is 7.66. The maximum Gasteiger partial charge on any atom is 0.220 e. The standard InChI is InChI=1S/C18H25N5O2S.C3H4O/c1-19-14-4-6-15(7-5-14)26-23-10-8-22(9-11-23)13-16-20-17(24-2)12-18(21-16)25-3;1-2-3-4/h4-7,12,19H,8-11,13H2,1-3H3;2-3H,1H2. The summed E-state index contributed by atoms with van der Waals surface area (Å²) in [5.74, 6) is 1.79. The van der Waals surface area contributed by atoms with Crippen LogP contribution in [0.2, 0.25) is 0 Å². The highest BCUT2D eigenvalue weighted by atomic mass is 32.2. The van der Waals surface area contributed by atoms with Crippen molar-refractivity contribution in [2.75, 3.05) is 52.8 Å². The molecule has 3 rings (SSSR count). The van der Waals surface area contributed by atoms with Gasteiger partial charge >= 0.3 is 0 Å². The largest absolute Gasteiger partial charge is 0.481 e. The Morgan fingerprint density at radius 2 is 1.67 bits per heavy atom. The predicted octanol–water partition coefficient (Wildman–Crippen LogP) is 2.73. The number of rotatable bonds is 8. The predicted molar refractivity (Wildman–Crippen MR) is 120 cm³/mol. The average molecular weight is 432 g/mol. The molecule has 8 nitrogen and oxygen atoms in total. The molecule has 1 saturated heterocycles. The number of carbonyl (C=O) groups is 1. The van der Waals surface area contributed by atoms with Gasteiger partial charge in [-0.25, -0.2) is 4.31 Å². The third-order valence-corrected chi connectivity index (χ3v) is 5.42. The lowest BCUT2D eigenvalue weighted by atomic mass is 10.3. The van der Waals surface area contributed by atoms with Crippen molar-refractivity contribution >= 4 is 23.9 Å². The normalized spacial score (nSPS) is 14.2. The molecule has 0 spiro atoms. The Bertz CT molecular complexity index is 767. The van der Waals surface area contributed by atoms with E-state index in [1.807, 2.05) is 19.0 Å². The van der Waals surface area contributed by atoms with Gasteiger partial charge in [0.15, 0.2) is 0 Å². The van der Waals surface area contributed by atoms with E-state index in [-0.39, 0.29) is 0 Å². The number of nitrogens with one attached hydrogen (secondary N) is 1. The average Bonchev–Trinajstić information content (AvgIpc) is 2.80. The van der Waals surface area contributed by atoms with Crippen LogP contribution in [-0.2, 0) is 11.3 Å². The molecule has 2 aromatic rings. The van der Waals surface area contributed by atoms with Crippen molar-refractivity contribution in [3.63, 3.8) is 0 Å². The number of allylic oxidation sites excluding steroid dienone is 1. The fourth-order valence-electron chi connectivity index (χ4n) is 2.74. The van der Waals surface area contributed by atoms with Gasteiger partial charge in [-0.15, -0.1) is 0 Å². The number of piperazine rings is 1. The fraction of sp³-hybridized carbons (Fsp3) is 0.381. The summed E-state index contributed by atoms with van der Waals surface area (Å²) in [6.45, 7) is 7.76. The molecule has 1 aromatic heterocycles. The highest BCUT2D eigenvalue weighted by Gasteiger charge is 2.19. The fourth-order valence-corrected chi connectivity index (χ4v) is 3.64. The Morgan fingerprint density at radius 1 is 1.10 bits per heavy atom. The van der Waals surface area contributed by atoms with Crippen LogP contribution in [0.1, 0.15) is 5.82 Å². The molecule has 1 aromatic carbocycles. The summed E-state index contributed by atoms with van der Waals surface area (Å²) >= 11 is 1.81. The van der Waals surface area contributed by atoms with E-state index in [0.717, 1.165) is 37.7 Å². The molecule has 0 atom stereocenters. The van der Waals surface area contributed by atoms with Crippen molar-refractivity contribution in [1.82, 2.24) is 19.2 Å². The van der Waals surface area contributed by atoms with Gasteiger partial charge in [0.25, 0.3) is 0 Å². The zero-order valence-electron chi connectivity index (χ0n) is 17.7. The molecule has 0 radical (unpaired) electrons. The number of methoxy groups -OCH3 is 2. The smallest absolute Gasteiger partial charge is 0.220 e. The third-order valence-electron chi connectivity index (χ3n) is 4.31. The van der Waals surface area contributed by atoms with E-state index in [1.54, 1.807) is 20.3 Å². The van der Waals surface area contributed by atoms with Gasteiger partial charge in [-0.05, 0) is 42.3 Å². The van der Waals surface area contributed by atoms with Crippen LogP contribution in [-0.4, -0.2) is 72.9 Å². The maximum absolute atomic E-state index is 9.06. The van der Waals surface area contributed by atoms with Crippen LogP contribution in [0.25, 0.3) is 0 Å². The molecule has 1 N–H and O–H groups in total. The van der Waals surface area contributed by atoms with Crippen molar-refractivity contribution in [3.8, 4) is 11.8 Å². The van der Waals surface area contributed by atoms with Crippen LogP contribution >= 0.6 is 11.9 Å². The maximum atomic E-state index is 9.06. The van der Waals surface area contributed by atoms with Gasteiger partial charge in [-0.1, -0.05) is 6.58 Å². The van der Waals surface area contributed by atoms with Gasteiger partial charge in [0.05, 0.1) is 26.8 Å². The lowest BCUT2D eigenvalue weighted by Gasteiger charge is -2.33. The Morgan fingerprint density at radius 3 is 2.13 bits per heavy atom. The van der Waals surface area contributed by atoms with Gasteiger partial charge in [0, 0.05) is 43.8 Å². The van der Waals surface area contributed by atoms with Gasteiger partial charge in [-0.3, -0.25) is 9.69 Å². The minimum atomic E-state index is 0.533. The lowest BCUT2D eigenvalue weighted by molar-refractivity contribution is -0.104. The molecule has 9 heteroatoms. The zero-order valence-corrected chi connectivity index (χ0v) is 18.5.